The van der Waals surface area contributed by atoms with Gasteiger partial charge < -0.3 is 5.32 Å². The summed E-state index contributed by atoms with van der Waals surface area (Å²) in [5.41, 5.74) is 5.88. The fraction of sp³-hybridized carbons (Fsp3) is 0.696. The van der Waals surface area contributed by atoms with Crippen LogP contribution >= 0.6 is 0 Å². The standard InChI is InChI=1S/C23H37N3O3S/c1-15(2)26(16(3)4)13-17(5)14-30(28,29)25-23(27)24-22-20-10-6-8-18(20)12-19-9-7-11-21(19)22/h12,15-17H,6-11,13-14H2,1-5H3,(H2,24,25,27). The third kappa shape index (κ3) is 5.35. The highest BCUT2D eigenvalue weighted by Crippen LogP contribution is 2.38. The maximum Gasteiger partial charge on any atom is 0.332 e. The molecule has 30 heavy (non-hydrogen) atoms. The first kappa shape index (κ1) is 23.1. The van der Waals surface area contributed by atoms with E-state index in [9.17, 15) is 13.2 Å². The first-order chi connectivity index (χ1) is 14.1. The van der Waals surface area contributed by atoms with Crippen molar-refractivity contribution >= 4 is 21.7 Å². The third-order valence-electron chi connectivity index (χ3n) is 6.31. The highest BCUT2D eigenvalue weighted by atomic mass is 32.2. The second kappa shape index (κ2) is 9.27. The SMILES string of the molecule is CC(CN(C(C)C)C(C)C)CS(=O)(=O)NC(=O)Nc1c2c(cc3c1CCC3)CCC2. The molecule has 0 aromatic heterocycles. The molecule has 0 fully saturated rings. The molecule has 0 bridgehead atoms. The first-order valence-corrected chi connectivity index (χ1v) is 13.0. The molecule has 1 aromatic carbocycles. The van der Waals surface area contributed by atoms with E-state index in [1.54, 1.807) is 0 Å². The summed E-state index contributed by atoms with van der Waals surface area (Å²) >= 11 is 0. The van der Waals surface area contributed by atoms with Crippen LogP contribution < -0.4 is 10.0 Å². The molecule has 0 radical (unpaired) electrons. The molecule has 2 N–H and O–H groups in total. The number of benzene rings is 1. The van der Waals surface area contributed by atoms with Crippen molar-refractivity contribution < 1.29 is 13.2 Å². The lowest BCUT2D eigenvalue weighted by atomic mass is 9.99. The lowest BCUT2D eigenvalue weighted by molar-refractivity contribution is 0.155. The topological polar surface area (TPSA) is 78.5 Å². The van der Waals surface area contributed by atoms with Crippen molar-refractivity contribution in [2.75, 3.05) is 17.6 Å². The van der Waals surface area contributed by atoms with Gasteiger partial charge in [0.2, 0.25) is 10.0 Å². The van der Waals surface area contributed by atoms with Crippen LogP contribution in [0.15, 0.2) is 6.07 Å². The number of nitrogens with one attached hydrogen (secondary N) is 2. The number of nitrogens with zero attached hydrogens (tertiary/aromatic N) is 1. The minimum Gasteiger partial charge on any atom is -0.307 e. The summed E-state index contributed by atoms with van der Waals surface area (Å²) in [6.45, 7) is 11.1. The zero-order chi connectivity index (χ0) is 22.1. The Morgan fingerprint density at radius 3 is 2.00 bits per heavy atom. The van der Waals surface area contributed by atoms with Gasteiger partial charge in [0.05, 0.1) is 5.75 Å². The van der Waals surface area contributed by atoms with Gasteiger partial charge >= 0.3 is 6.03 Å². The van der Waals surface area contributed by atoms with E-state index < -0.39 is 16.1 Å². The van der Waals surface area contributed by atoms with E-state index in [4.69, 9.17) is 0 Å². The number of sulfonamides is 1. The number of carbonyl (C=O) groups excluding carboxylic acids is 1. The summed E-state index contributed by atoms with van der Waals surface area (Å²) in [5.74, 6) is -0.146. The fourth-order valence-electron chi connectivity index (χ4n) is 5.09. The maximum atomic E-state index is 12.6. The Morgan fingerprint density at radius 1 is 0.967 bits per heavy atom. The number of anilines is 1. The molecule has 1 unspecified atom stereocenters. The van der Waals surface area contributed by atoms with Gasteiger partial charge in [0.1, 0.15) is 0 Å². The van der Waals surface area contributed by atoms with Crippen LogP contribution in [0.1, 0.15) is 69.7 Å². The van der Waals surface area contributed by atoms with E-state index in [0.717, 1.165) is 44.2 Å². The molecule has 7 heteroatoms. The van der Waals surface area contributed by atoms with E-state index in [1.807, 2.05) is 6.92 Å². The second-order valence-electron chi connectivity index (χ2n) is 9.56. The van der Waals surface area contributed by atoms with Crippen LogP contribution in [-0.2, 0) is 35.7 Å². The monoisotopic (exact) mass is 435 g/mol. The molecule has 1 atom stereocenters. The van der Waals surface area contributed by atoms with E-state index in [2.05, 4.69) is 48.7 Å². The van der Waals surface area contributed by atoms with Gasteiger partial charge in [0.15, 0.2) is 0 Å². The maximum absolute atomic E-state index is 12.6. The summed E-state index contributed by atoms with van der Waals surface area (Å²) in [6, 6.07) is 2.34. The number of hydrogen-bond donors (Lipinski definition) is 2. The van der Waals surface area contributed by atoms with Gasteiger partial charge in [0, 0.05) is 24.3 Å². The molecule has 1 aromatic rings. The van der Waals surface area contributed by atoms with Gasteiger partial charge in [-0.3, -0.25) is 4.90 Å². The summed E-state index contributed by atoms with van der Waals surface area (Å²) in [4.78, 5) is 14.9. The Hall–Kier alpha value is -1.60. The number of amides is 2. The Morgan fingerprint density at radius 2 is 1.50 bits per heavy atom. The molecule has 6 nitrogen and oxygen atoms in total. The predicted molar refractivity (Wildman–Crippen MR) is 123 cm³/mol. The largest absolute Gasteiger partial charge is 0.332 e. The Labute approximate surface area is 181 Å². The number of hydrogen-bond acceptors (Lipinski definition) is 4. The Bertz CT molecular complexity index is 853. The van der Waals surface area contributed by atoms with Gasteiger partial charge in [0.25, 0.3) is 0 Å². The predicted octanol–water partition coefficient (Wildman–Crippen LogP) is 3.87. The zero-order valence-corrected chi connectivity index (χ0v) is 19.9. The summed E-state index contributed by atoms with van der Waals surface area (Å²) in [6.07, 6.45) is 6.15. The van der Waals surface area contributed by atoms with Crippen molar-refractivity contribution in [3.63, 3.8) is 0 Å². The van der Waals surface area contributed by atoms with Crippen LogP contribution in [0.4, 0.5) is 10.5 Å². The Balaban J connectivity index is 1.65. The average molecular weight is 436 g/mol. The van der Waals surface area contributed by atoms with Gasteiger partial charge in [-0.05, 0) is 94.4 Å². The number of fused-ring (bicyclic) bond motifs is 2. The van der Waals surface area contributed by atoms with E-state index >= 15 is 0 Å². The van der Waals surface area contributed by atoms with Crippen molar-refractivity contribution in [1.82, 2.24) is 9.62 Å². The minimum atomic E-state index is -3.71. The van der Waals surface area contributed by atoms with Crippen LogP contribution in [0.3, 0.4) is 0 Å². The van der Waals surface area contributed by atoms with Crippen molar-refractivity contribution in [3.05, 3.63) is 28.3 Å². The number of aryl methyl sites for hydroxylation is 2. The highest BCUT2D eigenvalue weighted by molar-refractivity contribution is 7.90. The Kier molecular flexibility index (Phi) is 7.13. The molecule has 0 saturated heterocycles. The summed E-state index contributed by atoms with van der Waals surface area (Å²) in [7, 11) is -3.71. The lowest BCUT2D eigenvalue weighted by Crippen LogP contribution is -2.43. The molecular formula is C23H37N3O3S. The first-order valence-electron chi connectivity index (χ1n) is 11.3. The third-order valence-corrected chi connectivity index (χ3v) is 7.82. The van der Waals surface area contributed by atoms with Crippen LogP contribution in [0, 0.1) is 5.92 Å². The molecule has 0 spiro atoms. The van der Waals surface area contributed by atoms with Gasteiger partial charge in [-0.1, -0.05) is 13.0 Å². The van der Waals surface area contributed by atoms with E-state index in [-0.39, 0.29) is 11.7 Å². The second-order valence-corrected chi connectivity index (χ2v) is 11.3. The lowest BCUT2D eigenvalue weighted by Gasteiger charge is -2.32. The van der Waals surface area contributed by atoms with Gasteiger partial charge in [-0.25, -0.2) is 17.9 Å². The minimum absolute atomic E-state index is 0.0681. The van der Waals surface area contributed by atoms with E-state index in [1.165, 1.54) is 22.3 Å². The van der Waals surface area contributed by atoms with Crippen molar-refractivity contribution in [2.24, 2.45) is 5.92 Å². The van der Waals surface area contributed by atoms with Crippen LogP contribution in [0.5, 0.6) is 0 Å². The molecule has 2 aliphatic rings. The normalized spacial score (nSPS) is 16.8. The van der Waals surface area contributed by atoms with Gasteiger partial charge in [-0.2, -0.15) is 0 Å². The molecule has 0 aliphatic heterocycles. The molecule has 3 rings (SSSR count). The quantitative estimate of drug-likeness (QED) is 0.650. The van der Waals surface area contributed by atoms with Crippen LogP contribution in [0.2, 0.25) is 0 Å². The number of rotatable bonds is 8. The van der Waals surface area contributed by atoms with Gasteiger partial charge in [-0.15, -0.1) is 0 Å². The van der Waals surface area contributed by atoms with Crippen molar-refractivity contribution in [3.8, 4) is 0 Å². The average Bonchev–Trinajstić information content (AvgIpc) is 3.26. The van der Waals surface area contributed by atoms with Crippen molar-refractivity contribution in [2.45, 2.75) is 85.2 Å². The molecule has 0 saturated carbocycles. The molecule has 2 amide bonds. The summed E-state index contributed by atoms with van der Waals surface area (Å²) in [5, 5.41) is 2.91. The number of carbonyl (C=O) groups is 1. The molecular weight excluding hydrogens is 398 g/mol. The molecule has 0 heterocycles. The summed E-state index contributed by atoms with van der Waals surface area (Å²) < 4.78 is 27.5. The van der Waals surface area contributed by atoms with Crippen LogP contribution in [-0.4, -0.2) is 43.7 Å². The van der Waals surface area contributed by atoms with Crippen LogP contribution in [0.25, 0.3) is 0 Å². The fourth-order valence-corrected chi connectivity index (χ4v) is 6.37. The van der Waals surface area contributed by atoms with Crippen molar-refractivity contribution in [1.29, 1.82) is 0 Å². The highest BCUT2D eigenvalue weighted by Gasteiger charge is 2.27. The zero-order valence-electron chi connectivity index (χ0n) is 19.0. The smallest absolute Gasteiger partial charge is 0.307 e. The molecule has 2 aliphatic carbocycles. The number of urea groups is 1. The molecule has 168 valence electrons. The van der Waals surface area contributed by atoms with E-state index in [0.29, 0.717) is 18.6 Å².